The van der Waals surface area contributed by atoms with Gasteiger partial charge in [-0.25, -0.2) is 4.79 Å². The number of carbonyl (C=O) groups excluding carboxylic acids is 3. The van der Waals surface area contributed by atoms with Crippen LogP contribution in [0, 0.1) is 0 Å². The molecule has 2 unspecified atom stereocenters. The molecule has 1 saturated heterocycles. The van der Waals surface area contributed by atoms with E-state index in [1.165, 1.54) is 4.90 Å². The average molecular weight is 383 g/mol. The van der Waals surface area contributed by atoms with Gasteiger partial charge in [0.25, 0.3) is 11.8 Å². The van der Waals surface area contributed by atoms with Gasteiger partial charge in [-0.1, -0.05) is 0 Å². The lowest BCUT2D eigenvalue weighted by molar-refractivity contribution is -0.140. The maximum absolute atomic E-state index is 12.5. The minimum absolute atomic E-state index is 0.0394. The number of hydrogen-bond acceptors (Lipinski definition) is 7. The predicted octanol–water partition coefficient (Wildman–Crippen LogP) is -0.674. The average Bonchev–Trinajstić information content (AvgIpc) is 2.85. The van der Waals surface area contributed by atoms with Gasteiger partial charge in [0.05, 0.1) is 25.1 Å². The second kappa shape index (κ2) is 8.05. The third kappa shape index (κ3) is 5.04. The van der Waals surface area contributed by atoms with Gasteiger partial charge in [-0.05, 0) is 20.8 Å². The Morgan fingerprint density at radius 3 is 2.56 bits per heavy atom. The van der Waals surface area contributed by atoms with Gasteiger partial charge in [-0.2, -0.15) is 0 Å². The first-order valence-electron chi connectivity index (χ1n) is 8.66. The highest BCUT2D eigenvalue weighted by Gasteiger charge is 2.40. The lowest BCUT2D eigenvalue weighted by Crippen LogP contribution is -2.61. The van der Waals surface area contributed by atoms with Gasteiger partial charge in [0, 0.05) is 31.3 Å². The van der Waals surface area contributed by atoms with E-state index >= 15 is 0 Å². The number of aliphatic carboxylic acids is 1. The van der Waals surface area contributed by atoms with Crippen molar-refractivity contribution in [2.45, 2.75) is 44.9 Å². The molecule has 0 radical (unpaired) electrons. The van der Waals surface area contributed by atoms with E-state index in [4.69, 9.17) is 9.84 Å². The predicted molar refractivity (Wildman–Crippen MR) is 92.7 cm³/mol. The molecule has 27 heavy (non-hydrogen) atoms. The van der Waals surface area contributed by atoms with Gasteiger partial charge in [0.2, 0.25) is 0 Å². The monoisotopic (exact) mass is 383 g/mol. The summed E-state index contributed by atoms with van der Waals surface area (Å²) in [5.74, 6) is -2.27. The van der Waals surface area contributed by atoms with Gasteiger partial charge in [-0.3, -0.25) is 24.2 Å². The highest BCUT2D eigenvalue weighted by molar-refractivity contribution is 6.17. The zero-order chi connectivity index (χ0) is 20.4. The van der Waals surface area contributed by atoms with Crippen LogP contribution in [0.1, 0.15) is 27.2 Å². The molecule has 0 saturated carbocycles. The third-order valence-corrected chi connectivity index (χ3v) is 4.22. The number of hydrogen-bond donors (Lipinski definition) is 3. The fourth-order valence-corrected chi connectivity index (χ4v) is 2.91. The number of nitrogens with one attached hydrogen (secondary N) is 1. The first-order valence-corrected chi connectivity index (χ1v) is 8.66. The molecule has 2 aliphatic rings. The van der Waals surface area contributed by atoms with Crippen LogP contribution in [0.2, 0.25) is 0 Å². The summed E-state index contributed by atoms with van der Waals surface area (Å²) in [7, 11) is 0. The number of amides is 3. The standard InChI is InChI=1S/C17H25N3O7/c1-17(2,3)27-16(26)20-8-12(18-7-10(20)9-21)11-6-13(22)19(15(11)25)5-4-14(23)24/h6,10,12,18,21H,4-5,7-9H2,1-3H3,(H,23,24). The Bertz CT molecular complexity index is 668. The minimum Gasteiger partial charge on any atom is -0.481 e. The molecule has 2 rings (SSSR count). The minimum atomic E-state index is -1.11. The lowest BCUT2D eigenvalue weighted by Gasteiger charge is -2.40. The topological polar surface area (TPSA) is 136 Å². The molecule has 2 heterocycles. The summed E-state index contributed by atoms with van der Waals surface area (Å²) in [6.45, 7) is 4.93. The van der Waals surface area contributed by atoms with Crippen molar-refractivity contribution in [2.24, 2.45) is 0 Å². The van der Waals surface area contributed by atoms with Crippen molar-refractivity contribution in [3.63, 3.8) is 0 Å². The number of aliphatic hydroxyl groups excluding tert-OH is 1. The second-order valence-corrected chi connectivity index (χ2v) is 7.47. The summed E-state index contributed by atoms with van der Waals surface area (Å²) in [6.07, 6.45) is 0.204. The molecule has 0 aliphatic carbocycles. The Hall–Kier alpha value is -2.46. The maximum Gasteiger partial charge on any atom is 0.410 e. The van der Waals surface area contributed by atoms with E-state index in [2.05, 4.69) is 5.32 Å². The highest BCUT2D eigenvalue weighted by atomic mass is 16.6. The molecule has 0 aromatic heterocycles. The van der Waals surface area contributed by atoms with Crippen molar-refractivity contribution in [3.05, 3.63) is 11.6 Å². The molecule has 2 aliphatic heterocycles. The van der Waals surface area contributed by atoms with Crippen molar-refractivity contribution in [1.82, 2.24) is 15.1 Å². The van der Waals surface area contributed by atoms with Crippen LogP contribution in [-0.4, -0.2) is 87.8 Å². The van der Waals surface area contributed by atoms with E-state index < -0.39 is 41.6 Å². The first-order chi connectivity index (χ1) is 12.5. The van der Waals surface area contributed by atoms with Crippen molar-refractivity contribution < 1.29 is 34.1 Å². The van der Waals surface area contributed by atoms with Gasteiger partial charge in [-0.15, -0.1) is 0 Å². The summed E-state index contributed by atoms with van der Waals surface area (Å²) in [5.41, 5.74) is -0.556. The Labute approximate surface area is 156 Å². The summed E-state index contributed by atoms with van der Waals surface area (Å²) in [5, 5.41) is 21.3. The van der Waals surface area contributed by atoms with E-state index in [0.717, 1.165) is 11.0 Å². The molecule has 3 N–H and O–H groups in total. The Kier molecular flexibility index (Phi) is 6.22. The quantitative estimate of drug-likeness (QED) is 0.532. The third-order valence-electron chi connectivity index (χ3n) is 4.22. The van der Waals surface area contributed by atoms with Gasteiger partial charge in [0.1, 0.15) is 5.60 Å². The highest BCUT2D eigenvalue weighted by Crippen LogP contribution is 2.22. The fraction of sp³-hybridized carbons (Fsp3) is 0.647. The Balaban J connectivity index is 2.11. The van der Waals surface area contributed by atoms with Crippen LogP contribution in [0.3, 0.4) is 0 Å². The van der Waals surface area contributed by atoms with Crippen LogP contribution >= 0.6 is 0 Å². The van der Waals surface area contributed by atoms with Crippen molar-refractivity contribution in [1.29, 1.82) is 0 Å². The molecule has 2 atom stereocenters. The van der Waals surface area contributed by atoms with E-state index in [1.807, 2.05) is 0 Å². The summed E-state index contributed by atoms with van der Waals surface area (Å²) < 4.78 is 5.36. The Morgan fingerprint density at radius 2 is 2.00 bits per heavy atom. The summed E-state index contributed by atoms with van der Waals surface area (Å²) >= 11 is 0. The SMILES string of the molecule is CC(C)(C)OC(=O)N1CC(C2=CC(=O)N(CCC(=O)O)C2=O)NCC1CO. The van der Waals surface area contributed by atoms with Crippen LogP contribution < -0.4 is 5.32 Å². The maximum atomic E-state index is 12.5. The number of carboxylic acids is 1. The second-order valence-electron chi connectivity index (χ2n) is 7.47. The Morgan fingerprint density at radius 1 is 1.33 bits per heavy atom. The molecular formula is C17H25N3O7. The lowest BCUT2D eigenvalue weighted by atomic mass is 10.0. The van der Waals surface area contributed by atoms with Crippen LogP contribution in [0.5, 0.6) is 0 Å². The van der Waals surface area contributed by atoms with Crippen molar-refractivity contribution in [2.75, 3.05) is 26.2 Å². The molecular weight excluding hydrogens is 358 g/mol. The number of carboxylic acid groups (broad SMARTS) is 1. The summed E-state index contributed by atoms with van der Waals surface area (Å²) in [6, 6.07) is -1.14. The number of rotatable bonds is 5. The number of carbonyl (C=O) groups is 4. The van der Waals surface area contributed by atoms with E-state index in [9.17, 15) is 24.3 Å². The molecule has 10 nitrogen and oxygen atoms in total. The molecule has 0 aromatic carbocycles. The van der Waals surface area contributed by atoms with Crippen LogP contribution in [0.15, 0.2) is 11.6 Å². The van der Waals surface area contributed by atoms with E-state index in [1.54, 1.807) is 20.8 Å². The molecule has 10 heteroatoms. The number of piperazine rings is 1. The van der Waals surface area contributed by atoms with Gasteiger partial charge >= 0.3 is 12.1 Å². The summed E-state index contributed by atoms with van der Waals surface area (Å²) in [4.78, 5) is 49.9. The number of imide groups is 1. The zero-order valence-electron chi connectivity index (χ0n) is 15.6. The first kappa shape index (κ1) is 20.8. The molecule has 3 amide bonds. The van der Waals surface area contributed by atoms with Crippen LogP contribution in [0.4, 0.5) is 4.79 Å². The number of aliphatic hydroxyl groups is 1. The van der Waals surface area contributed by atoms with E-state index in [-0.39, 0.29) is 38.2 Å². The van der Waals surface area contributed by atoms with Crippen LogP contribution in [0.25, 0.3) is 0 Å². The smallest absolute Gasteiger partial charge is 0.410 e. The fourth-order valence-electron chi connectivity index (χ4n) is 2.91. The van der Waals surface area contributed by atoms with Gasteiger partial charge < -0.3 is 20.3 Å². The molecule has 1 fully saturated rings. The van der Waals surface area contributed by atoms with Crippen LogP contribution in [-0.2, 0) is 19.1 Å². The van der Waals surface area contributed by atoms with Crippen molar-refractivity contribution in [3.8, 4) is 0 Å². The largest absolute Gasteiger partial charge is 0.481 e. The molecule has 0 bridgehead atoms. The van der Waals surface area contributed by atoms with E-state index in [0.29, 0.717) is 0 Å². The number of ether oxygens (including phenoxy) is 1. The van der Waals surface area contributed by atoms with Gasteiger partial charge in [0.15, 0.2) is 0 Å². The molecule has 150 valence electrons. The zero-order valence-corrected chi connectivity index (χ0v) is 15.6. The molecule has 0 spiro atoms. The number of nitrogens with zero attached hydrogens (tertiary/aromatic N) is 2. The van der Waals surface area contributed by atoms with Crippen molar-refractivity contribution >= 4 is 23.9 Å². The molecule has 0 aromatic rings. The normalized spacial score (nSPS) is 23.5.